The average molecular weight is 311 g/mol. The molecule has 1 aromatic carbocycles. The largest absolute Gasteiger partial charge is 0.486 e. The molecular formula is C14H15BrO3. The summed E-state index contributed by atoms with van der Waals surface area (Å²) in [5, 5.41) is 10.1. The second-order valence-electron chi connectivity index (χ2n) is 4.01. The Labute approximate surface area is 115 Å². The molecular weight excluding hydrogens is 296 g/mol. The Balaban J connectivity index is 2.17. The number of fused-ring (bicyclic) bond motifs is 1. The molecule has 4 heteroatoms. The molecule has 0 radical (unpaired) electrons. The third-order valence-corrected chi connectivity index (χ3v) is 3.31. The number of ether oxygens (including phenoxy) is 2. The van der Waals surface area contributed by atoms with Crippen molar-refractivity contribution in [1.82, 2.24) is 0 Å². The molecule has 1 atom stereocenters. The van der Waals surface area contributed by atoms with Gasteiger partial charge < -0.3 is 14.6 Å². The van der Waals surface area contributed by atoms with Gasteiger partial charge in [-0.25, -0.2) is 0 Å². The van der Waals surface area contributed by atoms with Crippen LogP contribution in [0.4, 0.5) is 0 Å². The molecule has 0 saturated heterocycles. The Bertz CT molecular complexity index is 488. The number of aliphatic hydroxyl groups is 1. The van der Waals surface area contributed by atoms with Gasteiger partial charge in [0, 0.05) is 6.42 Å². The molecule has 0 saturated carbocycles. The Morgan fingerprint density at radius 1 is 1.39 bits per heavy atom. The highest BCUT2D eigenvalue weighted by atomic mass is 79.9. The molecule has 0 aromatic heterocycles. The van der Waals surface area contributed by atoms with Crippen molar-refractivity contribution in [2.45, 2.75) is 25.9 Å². The molecule has 1 unspecified atom stereocenters. The van der Waals surface area contributed by atoms with Crippen molar-refractivity contribution in [3.63, 3.8) is 0 Å². The maximum Gasteiger partial charge on any atom is 0.175 e. The van der Waals surface area contributed by atoms with Gasteiger partial charge in [-0.3, -0.25) is 0 Å². The normalized spacial score (nSPS) is 14.6. The molecule has 1 aliphatic rings. The smallest absolute Gasteiger partial charge is 0.175 e. The fraction of sp³-hybridized carbons (Fsp3) is 0.429. The minimum Gasteiger partial charge on any atom is -0.486 e. The van der Waals surface area contributed by atoms with Crippen molar-refractivity contribution in [2.75, 3.05) is 13.2 Å². The quantitative estimate of drug-likeness (QED) is 0.872. The van der Waals surface area contributed by atoms with Crippen molar-refractivity contribution in [2.24, 2.45) is 0 Å². The minimum atomic E-state index is -0.530. The third kappa shape index (κ3) is 2.98. The van der Waals surface area contributed by atoms with E-state index in [0.29, 0.717) is 37.6 Å². The molecule has 0 bridgehead atoms. The summed E-state index contributed by atoms with van der Waals surface area (Å²) in [5.74, 6) is 7.17. The summed E-state index contributed by atoms with van der Waals surface area (Å²) in [6, 6.07) is 3.71. The topological polar surface area (TPSA) is 38.7 Å². The van der Waals surface area contributed by atoms with E-state index in [1.807, 2.05) is 12.1 Å². The third-order valence-electron chi connectivity index (χ3n) is 2.72. The predicted octanol–water partition coefficient (Wildman–Crippen LogP) is 3.06. The molecule has 0 spiro atoms. The van der Waals surface area contributed by atoms with Gasteiger partial charge in [-0.1, -0.05) is 0 Å². The van der Waals surface area contributed by atoms with Gasteiger partial charge in [-0.2, -0.15) is 0 Å². The second kappa shape index (κ2) is 6.12. The zero-order valence-corrected chi connectivity index (χ0v) is 11.8. The van der Waals surface area contributed by atoms with Crippen LogP contribution in [0.5, 0.6) is 11.5 Å². The zero-order chi connectivity index (χ0) is 13.0. The molecule has 0 amide bonds. The van der Waals surface area contributed by atoms with Gasteiger partial charge in [0.05, 0.1) is 10.6 Å². The van der Waals surface area contributed by atoms with Crippen LogP contribution < -0.4 is 9.47 Å². The van der Waals surface area contributed by atoms with Gasteiger partial charge in [0.1, 0.15) is 13.2 Å². The SMILES string of the molecule is CC#CCCC(O)c1cc(Br)c2c(c1)OCCO2. The number of aliphatic hydroxyl groups excluding tert-OH is 1. The summed E-state index contributed by atoms with van der Waals surface area (Å²) in [5.41, 5.74) is 0.823. The lowest BCUT2D eigenvalue weighted by Crippen LogP contribution is -2.16. The number of rotatable bonds is 3. The second-order valence-corrected chi connectivity index (χ2v) is 4.86. The molecule has 2 rings (SSSR count). The fourth-order valence-corrected chi connectivity index (χ4v) is 2.40. The van der Waals surface area contributed by atoms with E-state index in [1.165, 1.54) is 0 Å². The van der Waals surface area contributed by atoms with E-state index in [4.69, 9.17) is 9.47 Å². The summed E-state index contributed by atoms with van der Waals surface area (Å²) in [7, 11) is 0. The highest BCUT2D eigenvalue weighted by Gasteiger charge is 2.18. The average Bonchev–Trinajstić information content (AvgIpc) is 2.39. The Kier molecular flexibility index (Phi) is 4.51. The van der Waals surface area contributed by atoms with Gasteiger partial charge in [-0.05, 0) is 47.0 Å². The molecule has 3 nitrogen and oxygen atoms in total. The summed E-state index contributed by atoms with van der Waals surface area (Å²) in [6.45, 7) is 2.90. The Hall–Kier alpha value is -1.18. The first-order valence-electron chi connectivity index (χ1n) is 5.89. The molecule has 1 aliphatic heterocycles. The summed E-state index contributed by atoms with van der Waals surface area (Å²) < 4.78 is 11.9. The first kappa shape index (κ1) is 13.3. The highest BCUT2D eigenvalue weighted by molar-refractivity contribution is 9.10. The number of halogens is 1. The van der Waals surface area contributed by atoms with Crippen molar-refractivity contribution in [3.05, 3.63) is 22.2 Å². The lowest BCUT2D eigenvalue weighted by Gasteiger charge is -2.21. The molecule has 1 heterocycles. The zero-order valence-electron chi connectivity index (χ0n) is 10.2. The monoisotopic (exact) mass is 310 g/mol. The van der Waals surface area contributed by atoms with Gasteiger partial charge in [-0.15, -0.1) is 11.8 Å². The fourth-order valence-electron chi connectivity index (χ4n) is 1.82. The first-order valence-corrected chi connectivity index (χ1v) is 6.68. The van der Waals surface area contributed by atoms with Crippen LogP contribution in [-0.2, 0) is 0 Å². The maximum absolute atomic E-state index is 10.1. The van der Waals surface area contributed by atoms with E-state index in [9.17, 15) is 5.11 Å². The van der Waals surface area contributed by atoms with Crippen LogP contribution in [0.3, 0.4) is 0 Å². The van der Waals surface area contributed by atoms with Crippen LogP contribution in [0, 0.1) is 11.8 Å². The van der Waals surface area contributed by atoms with E-state index in [2.05, 4.69) is 27.8 Å². The van der Waals surface area contributed by atoms with Crippen molar-refractivity contribution >= 4 is 15.9 Å². The van der Waals surface area contributed by atoms with Crippen LogP contribution in [0.25, 0.3) is 0 Å². The summed E-state index contributed by atoms with van der Waals surface area (Å²) in [4.78, 5) is 0. The molecule has 0 aliphatic carbocycles. The van der Waals surface area contributed by atoms with E-state index >= 15 is 0 Å². The Morgan fingerprint density at radius 2 is 2.17 bits per heavy atom. The standard InChI is InChI=1S/C14H15BrO3/c1-2-3-4-5-12(16)10-8-11(15)14-13(9-10)17-6-7-18-14/h8-9,12,16H,4-7H2,1H3. The van der Waals surface area contributed by atoms with Crippen molar-refractivity contribution in [1.29, 1.82) is 0 Å². The molecule has 1 N–H and O–H groups in total. The summed E-state index contributed by atoms with van der Waals surface area (Å²) in [6.07, 6.45) is 0.773. The first-order chi connectivity index (χ1) is 8.72. The lowest BCUT2D eigenvalue weighted by molar-refractivity contribution is 0.159. The number of hydrogen-bond acceptors (Lipinski definition) is 3. The van der Waals surface area contributed by atoms with Crippen molar-refractivity contribution in [3.8, 4) is 23.3 Å². The van der Waals surface area contributed by atoms with Crippen LogP contribution in [0.1, 0.15) is 31.4 Å². The highest BCUT2D eigenvalue weighted by Crippen LogP contribution is 2.40. The van der Waals surface area contributed by atoms with E-state index < -0.39 is 6.10 Å². The number of benzene rings is 1. The summed E-state index contributed by atoms with van der Waals surface area (Å²) >= 11 is 3.44. The van der Waals surface area contributed by atoms with Crippen LogP contribution >= 0.6 is 15.9 Å². The molecule has 0 fully saturated rings. The van der Waals surface area contributed by atoms with Crippen LogP contribution in [0.15, 0.2) is 16.6 Å². The van der Waals surface area contributed by atoms with Gasteiger partial charge in [0.25, 0.3) is 0 Å². The van der Waals surface area contributed by atoms with Gasteiger partial charge in [0.15, 0.2) is 11.5 Å². The van der Waals surface area contributed by atoms with Gasteiger partial charge in [0.2, 0.25) is 0 Å². The minimum absolute atomic E-state index is 0.530. The number of hydrogen-bond donors (Lipinski definition) is 1. The van der Waals surface area contributed by atoms with E-state index in [1.54, 1.807) is 6.92 Å². The van der Waals surface area contributed by atoms with Crippen LogP contribution in [0.2, 0.25) is 0 Å². The Morgan fingerprint density at radius 3 is 2.94 bits per heavy atom. The predicted molar refractivity (Wildman–Crippen MR) is 72.8 cm³/mol. The lowest BCUT2D eigenvalue weighted by atomic mass is 10.0. The van der Waals surface area contributed by atoms with Crippen LogP contribution in [-0.4, -0.2) is 18.3 Å². The van der Waals surface area contributed by atoms with E-state index in [0.717, 1.165) is 10.0 Å². The van der Waals surface area contributed by atoms with Crippen molar-refractivity contribution < 1.29 is 14.6 Å². The van der Waals surface area contributed by atoms with E-state index in [-0.39, 0.29) is 0 Å². The van der Waals surface area contributed by atoms with Gasteiger partial charge >= 0.3 is 0 Å². The maximum atomic E-state index is 10.1. The molecule has 1 aromatic rings. The molecule has 18 heavy (non-hydrogen) atoms. The molecule has 96 valence electrons.